The molecule has 0 spiro atoms. The molecule has 1 rings (SSSR count). The molecule has 0 aliphatic heterocycles. The van der Waals surface area contributed by atoms with Gasteiger partial charge in [-0.15, -0.1) is 0 Å². The quantitative estimate of drug-likeness (QED) is 0.657. The van der Waals surface area contributed by atoms with Gasteiger partial charge in [-0.1, -0.05) is 0 Å². The first-order valence-electron chi connectivity index (χ1n) is 5.61. The van der Waals surface area contributed by atoms with E-state index in [1.165, 1.54) is 0 Å². The summed E-state index contributed by atoms with van der Waals surface area (Å²) in [5.74, 6) is 0. The van der Waals surface area contributed by atoms with E-state index >= 15 is 0 Å². The van der Waals surface area contributed by atoms with Gasteiger partial charge in [0.1, 0.15) is 0 Å². The highest BCUT2D eigenvalue weighted by Crippen LogP contribution is 1.91. The molecule has 0 saturated carbocycles. The maximum absolute atomic E-state index is 5.24. The van der Waals surface area contributed by atoms with Crippen LogP contribution in [-0.2, 0) is 11.3 Å². The third kappa shape index (κ3) is 5.54. The van der Waals surface area contributed by atoms with Crippen molar-refractivity contribution in [3.8, 4) is 0 Å². The summed E-state index contributed by atoms with van der Waals surface area (Å²) in [5.41, 5.74) is 1.08. The Kier molecular flexibility index (Phi) is 6.04. The van der Waals surface area contributed by atoms with Gasteiger partial charge in [-0.25, -0.2) is 0 Å². The second kappa shape index (κ2) is 7.43. The van der Waals surface area contributed by atoms with Crippen molar-refractivity contribution >= 4 is 0 Å². The summed E-state index contributed by atoms with van der Waals surface area (Å²) in [7, 11) is 0. The Balaban J connectivity index is 1.93. The minimum absolute atomic E-state index is 0.812. The minimum atomic E-state index is 0.812. The van der Waals surface area contributed by atoms with Gasteiger partial charge in [0.15, 0.2) is 0 Å². The van der Waals surface area contributed by atoms with Crippen LogP contribution in [0.2, 0.25) is 0 Å². The lowest BCUT2D eigenvalue weighted by atomic mass is 10.4. The topological polar surface area (TPSA) is 39.1 Å². The predicted octanol–water partition coefficient (Wildman–Crippen LogP) is 1.21. The van der Waals surface area contributed by atoms with Gasteiger partial charge in [0.2, 0.25) is 0 Å². The molecule has 0 aromatic carbocycles. The highest BCUT2D eigenvalue weighted by molar-refractivity contribution is 4.94. The molecular weight excluding hydrogens is 190 g/mol. The van der Waals surface area contributed by atoms with E-state index in [9.17, 15) is 0 Å². The Morgan fingerprint density at radius 1 is 1.47 bits per heavy atom. The van der Waals surface area contributed by atoms with Crippen molar-refractivity contribution in [2.45, 2.75) is 26.8 Å². The van der Waals surface area contributed by atoms with Gasteiger partial charge < -0.3 is 10.1 Å². The molecule has 1 heterocycles. The lowest BCUT2D eigenvalue weighted by Gasteiger charge is -2.05. The van der Waals surface area contributed by atoms with Crippen molar-refractivity contribution in [1.29, 1.82) is 0 Å². The van der Waals surface area contributed by atoms with Crippen LogP contribution in [0.4, 0.5) is 0 Å². The minimum Gasteiger partial charge on any atom is -0.382 e. The zero-order valence-corrected chi connectivity index (χ0v) is 9.70. The van der Waals surface area contributed by atoms with E-state index in [1.54, 1.807) is 0 Å². The molecule has 1 N–H and O–H groups in total. The van der Waals surface area contributed by atoms with E-state index in [0.717, 1.165) is 45.0 Å². The molecule has 0 bridgehead atoms. The number of aryl methyl sites for hydroxylation is 1. The fraction of sp³-hybridized carbons (Fsp3) is 0.727. The van der Waals surface area contributed by atoms with Crippen molar-refractivity contribution in [2.24, 2.45) is 0 Å². The summed E-state index contributed by atoms with van der Waals surface area (Å²) in [6.07, 6.45) is 3.09. The largest absolute Gasteiger partial charge is 0.382 e. The van der Waals surface area contributed by atoms with E-state index in [4.69, 9.17) is 4.74 Å². The Bertz CT molecular complexity index is 260. The van der Waals surface area contributed by atoms with E-state index in [0.29, 0.717) is 0 Å². The van der Waals surface area contributed by atoms with Gasteiger partial charge >= 0.3 is 0 Å². The van der Waals surface area contributed by atoms with Crippen LogP contribution in [0, 0.1) is 6.92 Å². The van der Waals surface area contributed by atoms with Crippen LogP contribution < -0.4 is 5.32 Å². The summed E-state index contributed by atoms with van der Waals surface area (Å²) in [6, 6.07) is 2.02. The normalized spacial score (nSPS) is 10.8. The van der Waals surface area contributed by atoms with Gasteiger partial charge in [0.25, 0.3) is 0 Å². The molecule has 0 atom stereocenters. The van der Waals surface area contributed by atoms with Crippen molar-refractivity contribution < 1.29 is 4.74 Å². The number of hydrogen-bond donors (Lipinski definition) is 1. The van der Waals surface area contributed by atoms with Crippen LogP contribution in [0.15, 0.2) is 12.3 Å². The maximum Gasteiger partial charge on any atom is 0.0593 e. The van der Waals surface area contributed by atoms with Crippen LogP contribution in [0.3, 0.4) is 0 Å². The molecule has 15 heavy (non-hydrogen) atoms. The van der Waals surface area contributed by atoms with E-state index in [1.807, 2.05) is 30.8 Å². The molecule has 0 fully saturated rings. The maximum atomic E-state index is 5.24. The van der Waals surface area contributed by atoms with Crippen LogP contribution >= 0.6 is 0 Å². The van der Waals surface area contributed by atoms with Crippen molar-refractivity contribution in [3.63, 3.8) is 0 Å². The third-order valence-corrected chi connectivity index (χ3v) is 2.14. The van der Waals surface area contributed by atoms with Crippen molar-refractivity contribution in [1.82, 2.24) is 15.1 Å². The number of nitrogens with zero attached hydrogens (tertiary/aromatic N) is 2. The fourth-order valence-electron chi connectivity index (χ4n) is 1.35. The molecular formula is C11H21N3O. The van der Waals surface area contributed by atoms with E-state index < -0.39 is 0 Å². The number of ether oxygens (including phenoxy) is 1. The molecule has 1 aromatic rings. The van der Waals surface area contributed by atoms with E-state index in [-0.39, 0.29) is 0 Å². The lowest BCUT2D eigenvalue weighted by Crippen LogP contribution is -2.22. The molecule has 4 nitrogen and oxygen atoms in total. The summed E-state index contributed by atoms with van der Waals surface area (Å²) >= 11 is 0. The number of hydrogen-bond acceptors (Lipinski definition) is 3. The fourth-order valence-corrected chi connectivity index (χ4v) is 1.35. The van der Waals surface area contributed by atoms with Gasteiger partial charge in [0.05, 0.1) is 12.2 Å². The average molecular weight is 211 g/mol. The van der Waals surface area contributed by atoms with Crippen LogP contribution in [0.25, 0.3) is 0 Å². The molecule has 0 amide bonds. The first kappa shape index (κ1) is 12.2. The molecule has 0 unspecified atom stereocenters. The van der Waals surface area contributed by atoms with Crippen molar-refractivity contribution in [2.75, 3.05) is 26.3 Å². The Hall–Kier alpha value is -0.870. The second-order valence-electron chi connectivity index (χ2n) is 3.52. The Morgan fingerprint density at radius 2 is 2.33 bits per heavy atom. The molecule has 0 saturated heterocycles. The van der Waals surface area contributed by atoms with Crippen LogP contribution in [-0.4, -0.2) is 36.1 Å². The summed E-state index contributed by atoms with van der Waals surface area (Å²) in [4.78, 5) is 0. The smallest absolute Gasteiger partial charge is 0.0593 e. The standard InChI is InChI=1S/C11H21N3O/c1-3-15-10-4-6-12-7-9-14-8-5-11(2)13-14/h5,8,12H,3-4,6-7,9-10H2,1-2H3. The van der Waals surface area contributed by atoms with Gasteiger partial charge in [-0.3, -0.25) is 4.68 Å². The van der Waals surface area contributed by atoms with Gasteiger partial charge in [-0.2, -0.15) is 5.10 Å². The highest BCUT2D eigenvalue weighted by Gasteiger charge is 1.93. The third-order valence-electron chi connectivity index (χ3n) is 2.14. The summed E-state index contributed by atoms with van der Waals surface area (Å²) in [6.45, 7) is 8.60. The number of rotatable bonds is 8. The molecule has 1 aromatic heterocycles. The molecule has 4 heteroatoms. The van der Waals surface area contributed by atoms with E-state index in [2.05, 4.69) is 10.4 Å². The first-order valence-corrected chi connectivity index (χ1v) is 5.61. The van der Waals surface area contributed by atoms with Crippen LogP contribution in [0.1, 0.15) is 19.0 Å². The monoisotopic (exact) mass is 211 g/mol. The molecule has 86 valence electrons. The lowest BCUT2D eigenvalue weighted by molar-refractivity contribution is 0.144. The molecule has 0 aliphatic rings. The zero-order chi connectivity index (χ0) is 10.9. The SMILES string of the molecule is CCOCCCNCCn1ccc(C)n1. The summed E-state index contributed by atoms with van der Waals surface area (Å²) < 4.78 is 7.21. The number of aromatic nitrogens is 2. The van der Waals surface area contributed by atoms with Gasteiger partial charge in [0, 0.05) is 26.0 Å². The number of nitrogens with one attached hydrogen (secondary N) is 1. The summed E-state index contributed by atoms with van der Waals surface area (Å²) in [5, 5.41) is 7.67. The zero-order valence-electron chi connectivity index (χ0n) is 9.70. The van der Waals surface area contributed by atoms with Gasteiger partial charge in [-0.05, 0) is 32.9 Å². The van der Waals surface area contributed by atoms with Crippen molar-refractivity contribution in [3.05, 3.63) is 18.0 Å². The average Bonchev–Trinajstić information content (AvgIpc) is 2.63. The Labute approximate surface area is 91.6 Å². The Morgan fingerprint density at radius 3 is 3.00 bits per heavy atom. The predicted molar refractivity (Wildman–Crippen MR) is 60.9 cm³/mol. The second-order valence-corrected chi connectivity index (χ2v) is 3.52. The molecule has 0 radical (unpaired) electrons. The highest BCUT2D eigenvalue weighted by atomic mass is 16.5. The van der Waals surface area contributed by atoms with Crippen LogP contribution in [0.5, 0.6) is 0 Å². The molecule has 0 aliphatic carbocycles. The first-order chi connectivity index (χ1) is 7.33.